The minimum Gasteiger partial charge on any atom is -0.486 e. The molecule has 1 aliphatic carbocycles. The normalized spacial score (nSPS) is 20.4. The van der Waals surface area contributed by atoms with Gasteiger partial charge in [0.05, 0.1) is 0 Å². The van der Waals surface area contributed by atoms with Crippen molar-refractivity contribution in [3.05, 3.63) is 95.5 Å². The Bertz CT molecular complexity index is 1500. The summed E-state index contributed by atoms with van der Waals surface area (Å²) in [5, 5.41) is 8.29. The van der Waals surface area contributed by atoms with Crippen LogP contribution in [0.5, 0.6) is 11.5 Å². The number of Topliss-reactive ketones (excluding diaryl/α,β-unsaturated/α-hetero) is 1. The Labute approximate surface area is 207 Å². The molecule has 0 fully saturated rings. The van der Waals surface area contributed by atoms with Crippen LogP contribution in [0.25, 0.3) is 11.4 Å². The van der Waals surface area contributed by atoms with Gasteiger partial charge in [0.2, 0.25) is 5.95 Å². The number of ether oxygens (including phenoxy) is 2. The van der Waals surface area contributed by atoms with Crippen LogP contribution >= 0.6 is 0 Å². The van der Waals surface area contributed by atoms with Gasteiger partial charge in [-0.1, -0.05) is 36.4 Å². The molecule has 2 atom stereocenters. The fourth-order valence-corrected chi connectivity index (χ4v) is 5.33. The van der Waals surface area contributed by atoms with Gasteiger partial charge >= 0.3 is 0 Å². The predicted octanol–water partition coefficient (Wildman–Crippen LogP) is 4.53. The highest BCUT2D eigenvalue weighted by atomic mass is 16.6. The van der Waals surface area contributed by atoms with Crippen LogP contribution in [-0.4, -0.2) is 38.7 Å². The number of hydrogen-bond acceptors (Lipinski definition) is 7. The van der Waals surface area contributed by atoms with Gasteiger partial charge in [-0.15, -0.1) is 5.10 Å². The summed E-state index contributed by atoms with van der Waals surface area (Å²) in [5.41, 5.74) is 4.52. The molecule has 2 unspecified atom stereocenters. The first-order chi connectivity index (χ1) is 17.7. The van der Waals surface area contributed by atoms with Crippen LogP contribution in [0.4, 0.5) is 5.95 Å². The van der Waals surface area contributed by atoms with E-state index >= 15 is 0 Å². The van der Waals surface area contributed by atoms with Crippen molar-refractivity contribution in [3.8, 4) is 22.9 Å². The van der Waals surface area contributed by atoms with Crippen LogP contribution in [0, 0.1) is 0 Å². The van der Waals surface area contributed by atoms with E-state index in [9.17, 15) is 4.79 Å². The van der Waals surface area contributed by atoms with E-state index in [1.807, 2.05) is 53.2 Å². The van der Waals surface area contributed by atoms with Crippen LogP contribution in [0.3, 0.4) is 0 Å². The first kappa shape index (κ1) is 20.9. The highest BCUT2D eigenvalue weighted by molar-refractivity contribution is 6.00. The fourth-order valence-electron chi connectivity index (χ4n) is 5.33. The Kier molecular flexibility index (Phi) is 4.83. The lowest BCUT2D eigenvalue weighted by atomic mass is 9.78. The number of pyridine rings is 1. The van der Waals surface area contributed by atoms with Gasteiger partial charge in [-0.3, -0.25) is 9.78 Å². The van der Waals surface area contributed by atoms with Crippen molar-refractivity contribution >= 4 is 11.7 Å². The lowest BCUT2D eigenvalue weighted by Gasteiger charge is -2.35. The summed E-state index contributed by atoms with van der Waals surface area (Å²) in [5.74, 6) is 2.77. The summed E-state index contributed by atoms with van der Waals surface area (Å²) in [4.78, 5) is 22.8. The number of fused-ring (bicyclic) bond motifs is 2. The van der Waals surface area contributed by atoms with Crippen molar-refractivity contribution in [1.82, 2.24) is 19.7 Å². The van der Waals surface area contributed by atoms with E-state index in [0.717, 1.165) is 34.4 Å². The molecule has 4 heterocycles. The molecule has 0 radical (unpaired) electrons. The van der Waals surface area contributed by atoms with Gasteiger partial charge in [-0.2, -0.15) is 4.98 Å². The molecule has 8 heteroatoms. The van der Waals surface area contributed by atoms with Crippen molar-refractivity contribution in [1.29, 1.82) is 0 Å². The summed E-state index contributed by atoms with van der Waals surface area (Å²) >= 11 is 0. The van der Waals surface area contributed by atoms with Crippen molar-refractivity contribution in [3.63, 3.8) is 0 Å². The van der Waals surface area contributed by atoms with Crippen LogP contribution in [0.2, 0.25) is 0 Å². The Morgan fingerprint density at radius 2 is 1.78 bits per heavy atom. The second-order valence-electron chi connectivity index (χ2n) is 9.21. The minimum absolute atomic E-state index is 0.109. The van der Waals surface area contributed by atoms with E-state index in [1.54, 1.807) is 12.4 Å². The van der Waals surface area contributed by atoms with Gasteiger partial charge in [0.1, 0.15) is 19.3 Å². The standard InChI is InChI=1S/C28H23N5O3/c34-22-14-20(17-5-2-1-3-6-17)13-21-25(22)26(18-8-9-23-24(15-18)36-12-11-35-23)33-28(30-21)31-27(32-33)19-7-4-10-29-16-19/h1-10,15-16,20,26H,11-14H2,(H,30,31,32). The first-order valence-corrected chi connectivity index (χ1v) is 12.1. The summed E-state index contributed by atoms with van der Waals surface area (Å²) < 4.78 is 13.4. The highest BCUT2D eigenvalue weighted by Gasteiger charge is 2.40. The van der Waals surface area contributed by atoms with Gasteiger partial charge in [0.15, 0.2) is 23.1 Å². The number of carbonyl (C=O) groups excluding carboxylic acids is 1. The lowest BCUT2D eigenvalue weighted by Crippen LogP contribution is -2.33. The summed E-state index contributed by atoms with van der Waals surface area (Å²) in [7, 11) is 0. The molecular formula is C28H23N5O3. The van der Waals surface area contributed by atoms with E-state index in [1.165, 1.54) is 0 Å². The number of hydrogen-bond donors (Lipinski definition) is 1. The van der Waals surface area contributed by atoms with Gasteiger partial charge in [-0.25, -0.2) is 4.68 Å². The number of ketones is 1. The smallest absolute Gasteiger partial charge is 0.226 e. The average molecular weight is 478 g/mol. The number of nitrogens with one attached hydrogen (secondary N) is 1. The molecule has 2 aromatic carbocycles. The molecule has 0 spiro atoms. The lowest BCUT2D eigenvalue weighted by molar-refractivity contribution is -0.116. The zero-order chi connectivity index (χ0) is 24.1. The molecule has 1 N–H and O–H groups in total. The SMILES string of the molecule is O=C1CC(c2ccccc2)CC2=C1C(c1ccc3c(c1)OCCO3)n1nc(-c3cccnc3)nc1N2. The van der Waals surface area contributed by atoms with Gasteiger partial charge < -0.3 is 14.8 Å². The molecule has 36 heavy (non-hydrogen) atoms. The number of aromatic nitrogens is 4. The Balaban J connectivity index is 1.36. The Morgan fingerprint density at radius 1 is 0.917 bits per heavy atom. The van der Waals surface area contributed by atoms with Crippen LogP contribution in [0.15, 0.2) is 84.3 Å². The third-order valence-corrected chi connectivity index (χ3v) is 6.99. The van der Waals surface area contributed by atoms with Gasteiger partial charge in [-0.05, 0) is 47.7 Å². The highest BCUT2D eigenvalue weighted by Crippen LogP contribution is 2.45. The monoisotopic (exact) mass is 477 g/mol. The molecular weight excluding hydrogens is 454 g/mol. The van der Waals surface area contributed by atoms with Crippen LogP contribution < -0.4 is 14.8 Å². The maximum atomic E-state index is 13.7. The predicted molar refractivity (Wildman–Crippen MR) is 133 cm³/mol. The molecule has 8 nitrogen and oxygen atoms in total. The van der Waals surface area contributed by atoms with E-state index in [4.69, 9.17) is 19.6 Å². The number of nitrogens with zero attached hydrogens (tertiary/aromatic N) is 4. The Hall–Kier alpha value is -4.46. The number of carbonyl (C=O) groups is 1. The van der Waals surface area contributed by atoms with Crippen molar-refractivity contribution < 1.29 is 14.3 Å². The topological polar surface area (TPSA) is 91.2 Å². The number of benzene rings is 2. The zero-order valence-corrected chi connectivity index (χ0v) is 19.4. The first-order valence-electron chi connectivity index (χ1n) is 12.1. The van der Waals surface area contributed by atoms with E-state index in [-0.39, 0.29) is 11.7 Å². The maximum absolute atomic E-state index is 13.7. The van der Waals surface area contributed by atoms with Crippen molar-refractivity contribution in [2.24, 2.45) is 0 Å². The largest absolute Gasteiger partial charge is 0.486 e. The number of rotatable bonds is 3. The summed E-state index contributed by atoms with van der Waals surface area (Å²) in [6.07, 6.45) is 4.63. The van der Waals surface area contributed by atoms with E-state index in [0.29, 0.717) is 42.9 Å². The molecule has 3 aliphatic rings. The number of anilines is 1. The average Bonchev–Trinajstić information content (AvgIpc) is 3.36. The molecule has 2 aliphatic heterocycles. The van der Waals surface area contributed by atoms with Crippen LogP contribution in [-0.2, 0) is 4.79 Å². The zero-order valence-electron chi connectivity index (χ0n) is 19.4. The van der Waals surface area contributed by atoms with Crippen molar-refractivity contribution in [2.75, 3.05) is 18.5 Å². The van der Waals surface area contributed by atoms with Gasteiger partial charge in [0.25, 0.3) is 0 Å². The number of allylic oxidation sites excluding steroid dienone is 2. The molecule has 2 aromatic heterocycles. The fraction of sp³-hybridized carbons (Fsp3) is 0.214. The summed E-state index contributed by atoms with van der Waals surface area (Å²) in [6, 6.07) is 19.4. The summed E-state index contributed by atoms with van der Waals surface area (Å²) in [6.45, 7) is 1.02. The molecule has 4 aromatic rings. The molecule has 0 bridgehead atoms. The van der Waals surface area contributed by atoms with E-state index < -0.39 is 6.04 Å². The molecule has 0 saturated carbocycles. The minimum atomic E-state index is -0.422. The van der Waals surface area contributed by atoms with Crippen LogP contribution in [0.1, 0.15) is 35.9 Å². The third-order valence-electron chi connectivity index (χ3n) is 6.99. The second kappa shape index (κ2) is 8.34. The van der Waals surface area contributed by atoms with Crippen molar-refractivity contribution in [2.45, 2.75) is 24.8 Å². The second-order valence-corrected chi connectivity index (χ2v) is 9.21. The third kappa shape index (κ3) is 3.45. The molecule has 7 rings (SSSR count). The maximum Gasteiger partial charge on any atom is 0.226 e. The molecule has 178 valence electrons. The molecule has 0 amide bonds. The van der Waals surface area contributed by atoms with E-state index in [2.05, 4.69) is 22.4 Å². The van der Waals surface area contributed by atoms with Gasteiger partial charge in [0, 0.05) is 35.6 Å². The molecule has 0 saturated heterocycles. The Morgan fingerprint density at radius 3 is 2.61 bits per heavy atom. The quantitative estimate of drug-likeness (QED) is 0.464.